The van der Waals surface area contributed by atoms with Crippen LogP contribution in [0.25, 0.3) is 0 Å². The standard InChI is InChI=1S/C21H17F3N4O2S/c1-12(13-5-2-3-6-14(13)22)19-16(24)8-9-18-20(19)27-21(28-31(18,29)30)26-11-17-15(23)7-4-10-25-17/h2-10,12H,11H2,1H3,(H2,26,27,28)/t12-/m0/s1. The van der Waals surface area contributed by atoms with E-state index < -0.39 is 33.4 Å². The lowest BCUT2D eigenvalue weighted by molar-refractivity contribution is 0.577. The van der Waals surface area contributed by atoms with Crippen molar-refractivity contribution in [2.45, 2.75) is 24.3 Å². The van der Waals surface area contributed by atoms with E-state index >= 15 is 0 Å². The van der Waals surface area contributed by atoms with Gasteiger partial charge in [-0.1, -0.05) is 25.1 Å². The van der Waals surface area contributed by atoms with Gasteiger partial charge in [0.15, 0.2) is 0 Å². The number of pyridine rings is 1. The number of hydrogen-bond donors (Lipinski definition) is 2. The summed E-state index contributed by atoms with van der Waals surface area (Å²) < 4.78 is 70.7. The quantitative estimate of drug-likeness (QED) is 0.637. The number of guanidine groups is 1. The minimum atomic E-state index is -4.09. The lowest BCUT2D eigenvalue weighted by Gasteiger charge is -2.26. The Kier molecular flexibility index (Phi) is 5.40. The average Bonchev–Trinajstić information content (AvgIpc) is 2.72. The first-order valence-corrected chi connectivity index (χ1v) is 10.8. The van der Waals surface area contributed by atoms with Gasteiger partial charge in [-0.3, -0.25) is 4.98 Å². The van der Waals surface area contributed by atoms with Crippen molar-refractivity contribution < 1.29 is 21.6 Å². The van der Waals surface area contributed by atoms with Crippen LogP contribution in [0, 0.1) is 17.5 Å². The number of nitrogens with zero attached hydrogens (tertiary/aromatic N) is 2. The number of benzene rings is 2. The molecule has 0 fully saturated rings. The normalized spacial score (nSPS) is 16.8. The highest BCUT2D eigenvalue weighted by Gasteiger charge is 2.32. The van der Waals surface area contributed by atoms with Gasteiger partial charge in [-0.05, 0) is 35.9 Å². The topological polar surface area (TPSA) is 83.4 Å². The molecule has 4 rings (SSSR count). The summed E-state index contributed by atoms with van der Waals surface area (Å²) in [7, 11) is -4.09. The molecule has 2 heterocycles. The van der Waals surface area contributed by atoms with Crippen molar-refractivity contribution in [3.63, 3.8) is 0 Å². The van der Waals surface area contributed by atoms with E-state index in [1.54, 1.807) is 13.0 Å². The molecule has 6 nitrogen and oxygen atoms in total. The van der Waals surface area contributed by atoms with Crippen LogP contribution in [0.5, 0.6) is 0 Å². The molecule has 0 spiro atoms. The van der Waals surface area contributed by atoms with Crippen LogP contribution in [0.3, 0.4) is 0 Å². The van der Waals surface area contributed by atoms with Crippen molar-refractivity contribution in [2.75, 3.05) is 5.32 Å². The SMILES string of the molecule is C[C@@H](c1ccccc1F)c1c(F)ccc2c1NC(=NCc1ncccc1F)NS2(=O)=O. The summed E-state index contributed by atoms with van der Waals surface area (Å²) in [6, 6.07) is 10.7. The van der Waals surface area contributed by atoms with Crippen LogP contribution < -0.4 is 10.0 Å². The average molecular weight is 446 g/mol. The van der Waals surface area contributed by atoms with Crippen molar-refractivity contribution in [2.24, 2.45) is 4.99 Å². The van der Waals surface area contributed by atoms with Crippen LogP contribution in [-0.4, -0.2) is 19.4 Å². The minimum absolute atomic E-state index is 0.0148. The van der Waals surface area contributed by atoms with Crippen LogP contribution in [0.15, 0.2) is 64.6 Å². The number of sulfonamides is 1. The largest absolute Gasteiger partial charge is 0.324 e. The van der Waals surface area contributed by atoms with Gasteiger partial charge in [0, 0.05) is 17.7 Å². The van der Waals surface area contributed by atoms with Crippen LogP contribution >= 0.6 is 0 Å². The van der Waals surface area contributed by atoms with Gasteiger partial charge in [0.2, 0.25) is 5.96 Å². The Morgan fingerprint density at radius 3 is 2.48 bits per heavy atom. The molecule has 1 aliphatic heterocycles. The molecule has 2 N–H and O–H groups in total. The molecule has 1 aromatic heterocycles. The van der Waals surface area contributed by atoms with Crippen LogP contribution in [-0.2, 0) is 16.6 Å². The number of rotatable bonds is 4. The molecular formula is C21H17F3N4O2S. The van der Waals surface area contributed by atoms with Crippen molar-refractivity contribution in [1.29, 1.82) is 0 Å². The Bertz CT molecular complexity index is 1300. The van der Waals surface area contributed by atoms with Crippen LogP contribution in [0.4, 0.5) is 18.9 Å². The Morgan fingerprint density at radius 2 is 1.74 bits per heavy atom. The molecule has 0 unspecified atom stereocenters. The monoisotopic (exact) mass is 446 g/mol. The summed E-state index contributed by atoms with van der Waals surface area (Å²) in [6.07, 6.45) is 1.38. The van der Waals surface area contributed by atoms with Gasteiger partial charge in [-0.2, -0.15) is 0 Å². The van der Waals surface area contributed by atoms with Crippen molar-refractivity contribution in [3.8, 4) is 0 Å². The fraction of sp³-hybridized carbons (Fsp3) is 0.143. The Labute approximate surface area is 176 Å². The Hall–Kier alpha value is -3.40. The molecule has 10 heteroatoms. The highest BCUT2D eigenvalue weighted by Crippen LogP contribution is 2.38. The molecule has 0 amide bonds. The van der Waals surface area contributed by atoms with Crippen molar-refractivity contribution >= 4 is 21.7 Å². The fourth-order valence-electron chi connectivity index (χ4n) is 3.42. The molecule has 1 atom stereocenters. The second-order valence-electron chi connectivity index (χ2n) is 6.90. The van der Waals surface area contributed by atoms with Crippen molar-refractivity contribution in [3.05, 3.63) is 89.0 Å². The minimum Gasteiger partial charge on any atom is -0.324 e. The van der Waals surface area contributed by atoms with E-state index in [4.69, 9.17) is 0 Å². The van der Waals surface area contributed by atoms with Gasteiger partial charge >= 0.3 is 0 Å². The zero-order valence-corrected chi connectivity index (χ0v) is 17.1. The molecule has 160 valence electrons. The first-order valence-electron chi connectivity index (χ1n) is 9.28. The maximum atomic E-state index is 14.9. The molecule has 1 aliphatic rings. The van der Waals surface area contributed by atoms with E-state index in [1.807, 2.05) is 0 Å². The fourth-order valence-corrected chi connectivity index (χ4v) is 4.58. The van der Waals surface area contributed by atoms with Crippen LogP contribution in [0.1, 0.15) is 29.7 Å². The second-order valence-corrected chi connectivity index (χ2v) is 8.56. The summed E-state index contributed by atoms with van der Waals surface area (Å²) in [5.41, 5.74) is 0.154. The zero-order valence-electron chi connectivity index (χ0n) is 16.2. The van der Waals surface area contributed by atoms with Gasteiger partial charge in [0.25, 0.3) is 10.0 Å². The van der Waals surface area contributed by atoms with E-state index in [2.05, 4.69) is 20.0 Å². The molecule has 3 aromatic rings. The smallest absolute Gasteiger partial charge is 0.266 e. The molecule has 31 heavy (non-hydrogen) atoms. The number of aromatic nitrogens is 1. The molecule has 0 saturated carbocycles. The van der Waals surface area contributed by atoms with Crippen molar-refractivity contribution in [1.82, 2.24) is 9.71 Å². The third kappa shape index (κ3) is 3.98. The Morgan fingerprint density at radius 1 is 1.00 bits per heavy atom. The third-order valence-electron chi connectivity index (χ3n) is 4.94. The molecular weight excluding hydrogens is 429 g/mol. The predicted molar refractivity (Wildman–Crippen MR) is 110 cm³/mol. The molecule has 0 bridgehead atoms. The summed E-state index contributed by atoms with van der Waals surface area (Å²) >= 11 is 0. The number of hydrogen-bond acceptors (Lipinski definition) is 4. The molecule has 0 aliphatic carbocycles. The summed E-state index contributed by atoms with van der Waals surface area (Å²) in [4.78, 5) is 7.71. The van der Waals surface area contributed by atoms with Gasteiger partial charge in [0.1, 0.15) is 22.3 Å². The lowest BCUT2D eigenvalue weighted by Crippen LogP contribution is -2.41. The first kappa shape index (κ1) is 20.9. The lowest BCUT2D eigenvalue weighted by atomic mass is 9.91. The maximum Gasteiger partial charge on any atom is 0.266 e. The highest BCUT2D eigenvalue weighted by molar-refractivity contribution is 7.90. The molecule has 2 aromatic carbocycles. The van der Waals surface area contributed by atoms with Gasteiger partial charge < -0.3 is 5.32 Å². The predicted octanol–water partition coefficient (Wildman–Crippen LogP) is 3.91. The highest BCUT2D eigenvalue weighted by atomic mass is 32.2. The van der Waals surface area contributed by atoms with E-state index in [0.29, 0.717) is 0 Å². The number of halogens is 3. The number of fused-ring (bicyclic) bond motifs is 1. The molecule has 0 radical (unpaired) electrons. The summed E-state index contributed by atoms with van der Waals surface area (Å²) in [6.45, 7) is 1.33. The second kappa shape index (κ2) is 8.03. The van der Waals surface area contributed by atoms with E-state index in [1.165, 1.54) is 36.5 Å². The van der Waals surface area contributed by atoms with E-state index in [-0.39, 0.29) is 39.9 Å². The van der Waals surface area contributed by atoms with E-state index in [0.717, 1.165) is 12.1 Å². The maximum absolute atomic E-state index is 14.9. The Balaban J connectivity index is 1.78. The zero-order chi connectivity index (χ0) is 22.2. The van der Waals surface area contributed by atoms with E-state index in [9.17, 15) is 21.6 Å². The number of anilines is 1. The number of aliphatic imine (C=N–C) groups is 1. The van der Waals surface area contributed by atoms with Crippen LogP contribution in [0.2, 0.25) is 0 Å². The first-order chi connectivity index (χ1) is 14.8. The van der Waals surface area contributed by atoms with Gasteiger partial charge in [-0.15, -0.1) is 0 Å². The third-order valence-corrected chi connectivity index (χ3v) is 6.33. The van der Waals surface area contributed by atoms with Gasteiger partial charge in [0.05, 0.1) is 17.9 Å². The van der Waals surface area contributed by atoms with Gasteiger partial charge in [-0.25, -0.2) is 31.3 Å². The summed E-state index contributed by atoms with van der Waals surface area (Å²) in [5, 5.41) is 2.77. The number of nitrogens with one attached hydrogen (secondary N) is 2. The molecule has 0 saturated heterocycles. The summed E-state index contributed by atoms with van der Waals surface area (Å²) in [5.74, 6) is -2.85.